The van der Waals surface area contributed by atoms with Crippen LogP contribution in [0.15, 0.2) is 54.6 Å². The van der Waals surface area contributed by atoms with Gasteiger partial charge in [0.15, 0.2) is 0 Å². The third-order valence-corrected chi connectivity index (χ3v) is 3.99. The maximum Gasteiger partial charge on any atom is 0.0468 e. The van der Waals surface area contributed by atoms with E-state index in [2.05, 4.69) is 72.2 Å². The molecule has 0 aromatic heterocycles. The Labute approximate surface area is 125 Å². The van der Waals surface area contributed by atoms with Gasteiger partial charge in [-0.05, 0) is 34.9 Å². The lowest BCUT2D eigenvalue weighted by atomic mass is 9.94. The topological polar surface area (TPSA) is 24.1 Å². The lowest BCUT2D eigenvalue weighted by Crippen LogP contribution is -2.00. The summed E-state index contributed by atoms with van der Waals surface area (Å²) in [5, 5.41) is 9.22. The molecule has 0 saturated carbocycles. The van der Waals surface area contributed by atoms with Crippen LogP contribution < -0.4 is 10.6 Å². The van der Waals surface area contributed by atoms with Crippen molar-refractivity contribution in [3.63, 3.8) is 0 Å². The van der Waals surface area contributed by atoms with Crippen molar-refractivity contribution >= 4 is 22.1 Å². The second kappa shape index (κ2) is 5.49. The third kappa shape index (κ3) is 2.23. The summed E-state index contributed by atoms with van der Waals surface area (Å²) in [6.45, 7) is 2.14. The second-order valence-electron chi connectivity index (χ2n) is 5.21. The molecule has 0 spiro atoms. The maximum absolute atomic E-state index is 3.36. The van der Waals surface area contributed by atoms with Crippen LogP contribution in [0, 0.1) is 6.92 Å². The molecule has 0 bridgehead atoms. The maximum atomic E-state index is 3.36. The molecule has 0 unspecified atom stereocenters. The van der Waals surface area contributed by atoms with Crippen LogP contribution in [0.3, 0.4) is 0 Å². The summed E-state index contributed by atoms with van der Waals surface area (Å²) >= 11 is 0. The van der Waals surface area contributed by atoms with Gasteiger partial charge >= 0.3 is 0 Å². The van der Waals surface area contributed by atoms with Crippen LogP contribution in [0.4, 0.5) is 11.4 Å². The summed E-state index contributed by atoms with van der Waals surface area (Å²) in [5.74, 6) is 0. The number of rotatable bonds is 3. The summed E-state index contributed by atoms with van der Waals surface area (Å²) in [6.07, 6.45) is 0. The fraction of sp³-hybridized carbons (Fsp3) is 0.158. The zero-order valence-corrected chi connectivity index (χ0v) is 12.7. The predicted octanol–water partition coefficient (Wildman–Crippen LogP) is 4.90. The normalized spacial score (nSPS) is 10.6. The summed E-state index contributed by atoms with van der Waals surface area (Å²) in [5.41, 5.74) is 6.06. The summed E-state index contributed by atoms with van der Waals surface area (Å²) in [4.78, 5) is 0. The molecule has 0 aliphatic heterocycles. The number of hydrogen-bond acceptors (Lipinski definition) is 2. The molecule has 2 nitrogen and oxygen atoms in total. The van der Waals surface area contributed by atoms with Gasteiger partial charge in [0.25, 0.3) is 0 Å². The van der Waals surface area contributed by atoms with Crippen LogP contribution in [0.2, 0.25) is 0 Å². The van der Waals surface area contributed by atoms with Crippen molar-refractivity contribution < 1.29 is 0 Å². The molecule has 0 fully saturated rings. The first-order valence-electron chi connectivity index (χ1n) is 7.23. The van der Waals surface area contributed by atoms with Gasteiger partial charge in [-0.15, -0.1) is 0 Å². The lowest BCUT2D eigenvalue weighted by molar-refractivity contribution is 1.39. The van der Waals surface area contributed by atoms with Crippen molar-refractivity contribution in [1.82, 2.24) is 0 Å². The standard InChI is InChI=1S/C19H20N2/c1-13-11-12-17(20-2)18(19(13)21-3)16-10-6-8-14-7-4-5-9-15(14)16/h4-12,20-21H,1-3H3. The van der Waals surface area contributed by atoms with Crippen molar-refractivity contribution in [2.45, 2.75) is 6.92 Å². The van der Waals surface area contributed by atoms with E-state index in [0.29, 0.717) is 0 Å². The number of hydrogen-bond donors (Lipinski definition) is 2. The Balaban J connectivity index is 2.40. The Morgan fingerprint density at radius 2 is 1.52 bits per heavy atom. The van der Waals surface area contributed by atoms with Gasteiger partial charge in [-0.3, -0.25) is 0 Å². The predicted molar refractivity (Wildman–Crippen MR) is 93.2 cm³/mol. The minimum atomic E-state index is 1.14. The van der Waals surface area contributed by atoms with E-state index in [1.807, 2.05) is 14.1 Å². The van der Waals surface area contributed by atoms with Crippen LogP contribution in [-0.4, -0.2) is 14.1 Å². The zero-order chi connectivity index (χ0) is 14.8. The molecule has 0 aliphatic rings. The quantitative estimate of drug-likeness (QED) is 0.711. The molecular weight excluding hydrogens is 256 g/mol. The van der Waals surface area contributed by atoms with Crippen molar-refractivity contribution in [3.8, 4) is 11.1 Å². The number of anilines is 2. The Morgan fingerprint density at radius 1 is 0.762 bits per heavy atom. The highest BCUT2D eigenvalue weighted by Gasteiger charge is 2.14. The molecule has 0 aliphatic carbocycles. The summed E-state index contributed by atoms with van der Waals surface area (Å²) < 4.78 is 0. The highest BCUT2D eigenvalue weighted by atomic mass is 14.9. The SMILES string of the molecule is CNc1ccc(C)c(NC)c1-c1cccc2ccccc12. The first-order valence-corrected chi connectivity index (χ1v) is 7.23. The minimum absolute atomic E-state index is 1.14. The fourth-order valence-corrected chi connectivity index (χ4v) is 2.96. The Morgan fingerprint density at radius 3 is 2.29 bits per heavy atom. The van der Waals surface area contributed by atoms with Crippen LogP contribution in [0.25, 0.3) is 21.9 Å². The molecule has 0 heterocycles. The molecule has 3 aromatic carbocycles. The fourth-order valence-electron chi connectivity index (χ4n) is 2.96. The van der Waals surface area contributed by atoms with E-state index in [1.54, 1.807) is 0 Å². The molecule has 0 atom stereocenters. The Kier molecular flexibility index (Phi) is 3.53. The number of nitrogens with one attached hydrogen (secondary N) is 2. The first kappa shape index (κ1) is 13.5. The van der Waals surface area contributed by atoms with Crippen molar-refractivity contribution in [3.05, 3.63) is 60.2 Å². The Bertz CT molecular complexity index is 785. The molecule has 3 rings (SSSR count). The molecule has 21 heavy (non-hydrogen) atoms. The average molecular weight is 276 g/mol. The number of benzene rings is 3. The van der Waals surface area contributed by atoms with Gasteiger partial charge in [0, 0.05) is 31.0 Å². The van der Waals surface area contributed by atoms with Gasteiger partial charge in [0.2, 0.25) is 0 Å². The van der Waals surface area contributed by atoms with E-state index in [4.69, 9.17) is 0 Å². The van der Waals surface area contributed by atoms with E-state index < -0.39 is 0 Å². The number of fused-ring (bicyclic) bond motifs is 1. The van der Waals surface area contributed by atoms with Crippen LogP contribution >= 0.6 is 0 Å². The third-order valence-electron chi connectivity index (χ3n) is 3.99. The molecular formula is C19H20N2. The van der Waals surface area contributed by atoms with E-state index in [-0.39, 0.29) is 0 Å². The minimum Gasteiger partial charge on any atom is -0.388 e. The monoisotopic (exact) mass is 276 g/mol. The second-order valence-corrected chi connectivity index (χ2v) is 5.21. The molecule has 0 radical (unpaired) electrons. The van der Waals surface area contributed by atoms with Crippen molar-refractivity contribution in [2.75, 3.05) is 24.7 Å². The van der Waals surface area contributed by atoms with Gasteiger partial charge in [0.1, 0.15) is 0 Å². The van der Waals surface area contributed by atoms with E-state index in [9.17, 15) is 0 Å². The van der Waals surface area contributed by atoms with Crippen molar-refractivity contribution in [2.24, 2.45) is 0 Å². The lowest BCUT2D eigenvalue weighted by Gasteiger charge is -2.18. The Hall–Kier alpha value is -2.48. The van der Waals surface area contributed by atoms with Gasteiger partial charge in [-0.1, -0.05) is 48.5 Å². The highest BCUT2D eigenvalue weighted by Crippen LogP contribution is 2.40. The van der Waals surface area contributed by atoms with Gasteiger partial charge in [-0.2, -0.15) is 0 Å². The molecule has 2 heteroatoms. The smallest absolute Gasteiger partial charge is 0.0468 e. The summed E-state index contributed by atoms with van der Waals surface area (Å²) in [7, 11) is 3.95. The van der Waals surface area contributed by atoms with Gasteiger partial charge in [-0.25, -0.2) is 0 Å². The molecule has 0 saturated heterocycles. The zero-order valence-electron chi connectivity index (χ0n) is 12.7. The largest absolute Gasteiger partial charge is 0.388 e. The molecule has 2 N–H and O–H groups in total. The van der Waals surface area contributed by atoms with Crippen LogP contribution in [0.1, 0.15) is 5.56 Å². The molecule has 106 valence electrons. The molecule has 3 aromatic rings. The highest BCUT2D eigenvalue weighted by molar-refractivity contribution is 6.03. The van der Waals surface area contributed by atoms with Gasteiger partial charge in [0.05, 0.1) is 0 Å². The van der Waals surface area contributed by atoms with Gasteiger partial charge < -0.3 is 10.6 Å². The van der Waals surface area contributed by atoms with E-state index >= 15 is 0 Å². The molecule has 0 amide bonds. The number of aryl methyl sites for hydroxylation is 1. The van der Waals surface area contributed by atoms with Crippen LogP contribution in [-0.2, 0) is 0 Å². The first-order chi connectivity index (χ1) is 10.3. The average Bonchev–Trinajstić information content (AvgIpc) is 2.54. The summed E-state index contributed by atoms with van der Waals surface area (Å²) in [6, 6.07) is 19.3. The van der Waals surface area contributed by atoms with Crippen molar-refractivity contribution in [1.29, 1.82) is 0 Å². The van der Waals surface area contributed by atoms with E-state index in [1.165, 1.54) is 33.2 Å². The van der Waals surface area contributed by atoms with Crippen LogP contribution in [0.5, 0.6) is 0 Å². The van der Waals surface area contributed by atoms with E-state index in [0.717, 1.165) is 5.69 Å².